The number of hydrogen-bond acceptors (Lipinski definition) is 4. The Morgan fingerprint density at radius 1 is 1.07 bits per heavy atom. The van der Waals surface area contributed by atoms with Crippen molar-refractivity contribution < 1.29 is 17.9 Å². The van der Waals surface area contributed by atoms with E-state index in [1.54, 1.807) is 48.5 Å². The van der Waals surface area contributed by atoms with Crippen molar-refractivity contribution in [1.82, 2.24) is 8.61 Å². The van der Waals surface area contributed by atoms with E-state index in [0.29, 0.717) is 42.6 Å². The largest absolute Gasteiger partial charge is 0.494 e. The number of rotatable bonds is 7. The average Bonchev–Trinajstić information content (AvgIpc) is 2.68. The summed E-state index contributed by atoms with van der Waals surface area (Å²) in [5, 5.41) is 3.33. The number of hydrogen-bond donors (Lipinski definition) is 1. The molecule has 0 radical (unpaired) electrons. The lowest BCUT2D eigenvalue weighted by atomic mass is 10.2. The monoisotopic (exact) mass is 437 g/mol. The summed E-state index contributed by atoms with van der Waals surface area (Å²) in [4.78, 5) is 12.4. The van der Waals surface area contributed by atoms with Crippen LogP contribution in [0.4, 0.5) is 5.69 Å². The summed E-state index contributed by atoms with van der Waals surface area (Å²) in [5.74, 6) is 0.327. The number of carbonyl (C=O) groups is 1. The van der Waals surface area contributed by atoms with E-state index in [1.807, 2.05) is 6.92 Å². The molecule has 0 unspecified atom stereocenters. The molecule has 1 heterocycles. The van der Waals surface area contributed by atoms with Gasteiger partial charge in [0.15, 0.2) is 0 Å². The Kier molecular flexibility index (Phi) is 7.13. The molecule has 1 amide bonds. The minimum absolute atomic E-state index is 0.230. The van der Waals surface area contributed by atoms with Gasteiger partial charge in [0.1, 0.15) is 5.75 Å². The molecule has 0 spiro atoms. The zero-order valence-electron chi connectivity index (χ0n) is 16.2. The van der Waals surface area contributed by atoms with Gasteiger partial charge in [0.2, 0.25) is 5.91 Å². The quantitative estimate of drug-likeness (QED) is 0.721. The Labute approximate surface area is 176 Å². The smallest absolute Gasteiger partial charge is 0.282 e. The number of ether oxygens (including phenoxy) is 1. The van der Waals surface area contributed by atoms with E-state index in [-0.39, 0.29) is 19.0 Å². The van der Waals surface area contributed by atoms with Crippen molar-refractivity contribution in [2.45, 2.75) is 19.9 Å². The first-order chi connectivity index (χ1) is 13.9. The van der Waals surface area contributed by atoms with Crippen molar-refractivity contribution in [2.75, 3.05) is 31.6 Å². The molecule has 0 bridgehead atoms. The molecule has 0 atom stereocenters. The SMILES string of the molecule is CCOc1ccc(NC(=O)CN2CCCN(Cc3ccc(Cl)cc3)S2(=O)=O)cc1. The minimum Gasteiger partial charge on any atom is -0.494 e. The molecule has 2 aromatic rings. The van der Waals surface area contributed by atoms with Crippen LogP contribution in [-0.4, -0.2) is 49.2 Å². The van der Waals surface area contributed by atoms with E-state index in [9.17, 15) is 13.2 Å². The lowest BCUT2D eigenvalue weighted by Gasteiger charge is -2.34. The van der Waals surface area contributed by atoms with Gasteiger partial charge in [-0.05, 0) is 55.3 Å². The summed E-state index contributed by atoms with van der Waals surface area (Å²) < 4.78 is 33.8. The number of benzene rings is 2. The third-order valence-corrected chi connectivity index (χ3v) is 6.69. The van der Waals surface area contributed by atoms with Gasteiger partial charge in [-0.3, -0.25) is 4.79 Å². The fraction of sp³-hybridized carbons (Fsp3) is 0.350. The van der Waals surface area contributed by atoms with E-state index in [0.717, 1.165) is 5.56 Å². The first-order valence-electron chi connectivity index (χ1n) is 9.41. The minimum atomic E-state index is -3.72. The van der Waals surface area contributed by atoms with Gasteiger partial charge in [-0.15, -0.1) is 0 Å². The van der Waals surface area contributed by atoms with Gasteiger partial charge in [-0.1, -0.05) is 23.7 Å². The molecular weight excluding hydrogens is 414 g/mol. The van der Waals surface area contributed by atoms with Crippen molar-refractivity contribution in [3.05, 3.63) is 59.1 Å². The number of amides is 1. The summed E-state index contributed by atoms with van der Waals surface area (Å²) in [6.45, 7) is 3.21. The maximum Gasteiger partial charge on any atom is 0.282 e. The zero-order valence-corrected chi connectivity index (χ0v) is 17.7. The Morgan fingerprint density at radius 3 is 2.38 bits per heavy atom. The molecule has 2 aromatic carbocycles. The van der Waals surface area contributed by atoms with Crippen LogP contribution in [0.5, 0.6) is 5.75 Å². The van der Waals surface area contributed by atoms with Crippen molar-refractivity contribution >= 4 is 33.4 Å². The second-order valence-corrected chi connectivity index (χ2v) is 9.03. The Morgan fingerprint density at radius 2 is 1.72 bits per heavy atom. The highest BCUT2D eigenvalue weighted by Gasteiger charge is 2.34. The molecule has 0 aliphatic carbocycles. The van der Waals surface area contributed by atoms with E-state index < -0.39 is 10.2 Å². The molecule has 1 aliphatic rings. The van der Waals surface area contributed by atoms with Crippen LogP contribution in [0.3, 0.4) is 0 Å². The highest BCUT2D eigenvalue weighted by Crippen LogP contribution is 2.21. The van der Waals surface area contributed by atoms with E-state index in [1.165, 1.54) is 8.61 Å². The van der Waals surface area contributed by atoms with Crippen molar-refractivity contribution in [3.8, 4) is 5.75 Å². The summed E-state index contributed by atoms with van der Waals surface area (Å²) in [6.07, 6.45) is 0.656. The Balaban J connectivity index is 1.61. The van der Waals surface area contributed by atoms with E-state index in [2.05, 4.69) is 5.32 Å². The molecule has 9 heteroatoms. The molecule has 0 saturated carbocycles. The molecule has 3 rings (SSSR count). The van der Waals surface area contributed by atoms with Gasteiger partial charge in [0, 0.05) is 30.3 Å². The van der Waals surface area contributed by atoms with Crippen LogP contribution in [0.1, 0.15) is 18.9 Å². The molecule has 0 aromatic heterocycles. The third kappa shape index (κ3) is 5.70. The van der Waals surface area contributed by atoms with Gasteiger partial charge in [0.05, 0.1) is 13.2 Å². The van der Waals surface area contributed by atoms with E-state index in [4.69, 9.17) is 16.3 Å². The number of nitrogens with one attached hydrogen (secondary N) is 1. The fourth-order valence-corrected chi connectivity index (χ4v) is 4.86. The van der Waals surface area contributed by atoms with Gasteiger partial charge < -0.3 is 10.1 Å². The van der Waals surface area contributed by atoms with Crippen LogP contribution in [0, 0.1) is 0 Å². The molecule has 29 heavy (non-hydrogen) atoms. The molecule has 1 N–H and O–H groups in total. The number of nitrogens with zero attached hydrogens (tertiary/aromatic N) is 2. The molecule has 1 saturated heterocycles. The van der Waals surface area contributed by atoms with Gasteiger partial charge in [0.25, 0.3) is 10.2 Å². The van der Waals surface area contributed by atoms with Crippen LogP contribution in [-0.2, 0) is 21.5 Å². The van der Waals surface area contributed by atoms with Gasteiger partial charge in [-0.25, -0.2) is 0 Å². The topological polar surface area (TPSA) is 79.0 Å². The van der Waals surface area contributed by atoms with Gasteiger partial charge in [-0.2, -0.15) is 17.0 Å². The summed E-state index contributed by atoms with van der Waals surface area (Å²) >= 11 is 5.89. The highest BCUT2D eigenvalue weighted by molar-refractivity contribution is 7.86. The maximum atomic E-state index is 12.9. The molecule has 1 aliphatic heterocycles. The van der Waals surface area contributed by atoms with Crippen LogP contribution < -0.4 is 10.1 Å². The lowest BCUT2D eigenvalue weighted by molar-refractivity contribution is -0.116. The van der Waals surface area contributed by atoms with Crippen LogP contribution in [0.25, 0.3) is 0 Å². The lowest BCUT2D eigenvalue weighted by Crippen LogP contribution is -2.51. The molecule has 7 nitrogen and oxygen atoms in total. The van der Waals surface area contributed by atoms with Crippen LogP contribution in [0.15, 0.2) is 48.5 Å². The second-order valence-electron chi connectivity index (χ2n) is 6.66. The fourth-order valence-electron chi connectivity index (χ4n) is 3.09. The first-order valence-corrected chi connectivity index (χ1v) is 11.2. The van der Waals surface area contributed by atoms with E-state index >= 15 is 0 Å². The predicted molar refractivity (Wildman–Crippen MR) is 113 cm³/mol. The summed E-state index contributed by atoms with van der Waals surface area (Å²) in [6, 6.07) is 14.0. The maximum absolute atomic E-state index is 12.9. The number of halogens is 1. The Hall–Kier alpha value is -2.13. The van der Waals surface area contributed by atoms with Crippen molar-refractivity contribution in [2.24, 2.45) is 0 Å². The van der Waals surface area contributed by atoms with Crippen molar-refractivity contribution in [3.63, 3.8) is 0 Å². The second kappa shape index (κ2) is 9.58. The highest BCUT2D eigenvalue weighted by atomic mass is 35.5. The number of anilines is 1. The van der Waals surface area contributed by atoms with Crippen LogP contribution >= 0.6 is 11.6 Å². The predicted octanol–water partition coefficient (Wildman–Crippen LogP) is 3.13. The van der Waals surface area contributed by atoms with Gasteiger partial charge >= 0.3 is 0 Å². The summed E-state index contributed by atoms with van der Waals surface area (Å²) in [7, 11) is -3.72. The standard InChI is InChI=1S/C20H24ClN3O4S/c1-2-28-19-10-8-18(9-11-19)22-20(25)15-24-13-3-12-23(29(24,26)27)14-16-4-6-17(21)7-5-16/h4-11H,2-3,12-15H2,1H3,(H,22,25). The normalized spacial score (nSPS) is 17.0. The first kappa shape index (κ1) is 21.6. The number of carbonyl (C=O) groups excluding carboxylic acids is 1. The molecule has 1 fully saturated rings. The summed E-state index contributed by atoms with van der Waals surface area (Å²) in [5.41, 5.74) is 1.43. The molecule has 156 valence electrons. The van der Waals surface area contributed by atoms with Crippen LogP contribution in [0.2, 0.25) is 5.02 Å². The van der Waals surface area contributed by atoms with Crippen molar-refractivity contribution in [1.29, 1.82) is 0 Å². The molecular formula is C20H24ClN3O4S. The average molecular weight is 438 g/mol. The zero-order chi connectivity index (χ0) is 20.9. The third-order valence-electron chi connectivity index (χ3n) is 4.51. The Bertz CT molecular complexity index is 933.